The third kappa shape index (κ3) is 9.63. The van der Waals surface area contributed by atoms with Crippen molar-refractivity contribution in [3.63, 3.8) is 0 Å². The van der Waals surface area contributed by atoms with Gasteiger partial charge in [0.15, 0.2) is 12.3 Å². The second kappa shape index (κ2) is 17.0. The average molecular weight is 599 g/mol. The molecular formula is C33H48N3O3S2+. The van der Waals surface area contributed by atoms with Gasteiger partial charge in [-0.1, -0.05) is 36.8 Å². The maximum atomic E-state index is 12.4. The Kier molecular flexibility index (Phi) is 13.8. The quantitative estimate of drug-likeness (QED) is 0.0923. The van der Waals surface area contributed by atoms with Crippen molar-refractivity contribution in [1.82, 2.24) is 5.32 Å². The van der Waals surface area contributed by atoms with E-state index in [1.807, 2.05) is 17.0 Å². The Labute approximate surface area is 257 Å². The van der Waals surface area contributed by atoms with Gasteiger partial charge in [0, 0.05) is 61.1 Å². The molecule has 3 N–H and O–H groups in total. The Hall–Kier alpha value is -2.26. The van der Waals surface area contributed by atoms with Gasteiger partial charge in [0.1, 0.15) is 0 Å². The number of unbranched alkanes of at least 4 members (excludes halogenated alkanes) is 1. The van der Waals surface area contributed by atoms with Crippen LogP contribution in [0.3, 0.4) is 0 Å². The lowest BCUT2D eigenvalue weighted by Crippen LogP contribution is -2.29. The van der Waals surface area contributed by atoms with Crippen molar-refractivity contribution in [1.29, 1.82) is 0 Å². The van der Waals surface area contributed by atoms with E-state index in [1.165, 1.54) is 17.0 Å². The first-order valence-electron chi connectivity index (χ1n) is 14.9. The third-order valence-electron chi connectivity index (χ3n) is 7.77. The summed E-state index contributed by atoms with van der Waals surface area (Å²) in [5.74, 6) is 0.980. The summed E-state index contributed by atoms with van der Waals surface area (Å²) in [5.41, 5.74) is 5.69. The minimum absolute atomic E-state index is 0.0446. The van der Waals surface area contributed by atoms with Crippen LogP contribution in [-0.4, -0.2) is 76.8 Å². The molecule has 6 nitrogen and oxygen atoms in total. The first-order chi connectivity index (χ1) is 19.8. The van der Waals surface area contributed by atoms with Crippen molar-refractivity contribution < 1.29 is 19.6 Å². The fourth-order valence-electron chi connectivity index (χ4n) is 5.48. The molecule has 0 fully saturated rings. The smallest absolute Gasteiger partial charge is 0.219 e. The van der Waals surface area contributed by atoms with Gasteiger partial charge in [-0.15, -0.1) is 0 Å². The molecular weight excluding hydrogens is 551 g/mol. The second-order valence-corrected chi connectivity index (χ2v) is 12.3. The van der Waals surface area contributed by atoms with Crippen LogP contribution in [0.5, 0.6) is 0 Å². The highest BCUT2D eigenvalue weighted by Crippen LogP contribution is 2.40. The Morgan fingerprint density at radius 3 is 2.39 bits per heavy atom. The van der Waals surface area contributed by atoms with E-state index in [0.717, 1.165) is 55.7 Å². The Bertz CT molecular complexity index is 1160. The molecule has 0 saturated heterocycles. The van der Waals surface area contributed by atoms with Gasteiger partial charge < -0.3 is 20.4 Å². The highest BCUT2D eigenvalue weighted by atomic mass is 32.1. The Morgan fingerprint density at radius 2 is 1.71 bits per heavy atom. The number of carbonyl (C=O) groups excluding carboxylic acids is 1. The van der Waals surface area contributed by atoms with Crippen molar-refractivity contribution in [3.05, 3.63) is 65.7 Å². The summed E-state index contributed by atoms with van der Waals surface area (Å²) >= 11 is 8.83. The molecule has 41 heavy (non-hydrogen) atoms. The number of fused-ring (bicyclic) bond motifs is 1. The number of nitrogens with zero attached hydrogens (tertiary/aromatic N) is 2. The molecule has 0 spiro atoms. The zero-order chi connectivity index (χ0) is 29.7. The molecule has 1 aliphatic rings. The van der Waals surface area contributed by atoms with Gasteiger partial charge in [-0.3, -0.25) is 4.79 Å². The normalized spacial score (nSPS) is 14.9. The fourth-order valence-corrected chi connectivity index (χ4v) is 6.30. The summed E-state index contributed by atoms with van der Waals surface area (Å²) in [6, 6.07) is 16.8. The molecule has 1 atom stereocenters. The lowest BCUT2D eigenvalue weighted by Gasteiger charge is -2.22. The van der Waals surface area contributed by atoms with Gasteiger partial charge in [-0.05, 0) is 62.6 Å². The van der Waals surface area contributed by atoms with Crippen molar-refractivity contribution in [2.45, 2.75) is 63.0 Å². The van der Waals surface area contributed by atoms with Crippen LogP contribution in [0.15, 0.2) is 54.6 Å². The number of amides is 1. The maximum absolute atomic E-state index is 12.4. The summed E-state index contributed by atoms with van der Waals surface area (Å²) < 4.78 is 2.39. The van der Waals surface area contributed by atoms with Crippen molar-refractivity contribution in [3.8, 4) is 0 Å². The predicted molar refractivity (Wildman–Crippen MR) is 178 cm³/mol. The monoisotopic (exact) mass is 598 g/mol. The standard InChI is InChI=1S/C33H47N3O3S2/c1-33(2)29-9-4-5-10-30(29)36(20-7-19-34-32(39)11-6-3-8-28(41)18-25-40)31(33)17-14-26-12-15-27(16-13-26)35(21-23-37)22-24-38/h4-5,9-10,12-17,28,37-38H,3,6-8,11,18-25H2,1-2H3,(H2-,34,39,40,41)/p+1. The first-order valence-corrected chi connectivity index (χ1v) is 16.0. The first kappa shape index (κ1) is 33.2. The summed E-state index contributed by atoms with van der Waals surface area (Å²) in [4.78, 5) is 14.3. The lowest BCUT2D eigenvalue weighted by molar-refractivity contribution is -0.437. The van der Waals surface area contributed by atoms with Crippen molar-refractivity contribution >= 4 is 54.3 Å². The van der Waals surface area contributed by atoms with Crippen LogP contribution < -0.4 is 10.2 Å². The number of aliphatic hydroxyl groups excluding tert-OH is 2. The largest absolute Gasteiger partial charge is 0.395 e. The van der Waals surface area contributed by atoms with Gasteiger partial charge in [0.05, 0.1) is 18.6 Å². The van der Waals surface area contributed by atoms with E-state index in [1.54, 1.807) is 0 Å². The summed E-state index contributed by atoms with van der Waals surface area (Å²) in [7, 11) is 0. The van der Waals surface area contributed by atoms with Gasteiger partial charge >= 0.3 is 0 Å². The second-order valence-electron chi connectivity index (χ2n) is 11.2. The number of benzene rings is 2. The molecule has 8 heteroatoms. The van der Waals surface area contributed by atoms with E-state index >= 15 is 0 Å². The molecule has 0 radical (unpaired) electrons. The van der Waals surface area contributed by atoms with E-state index in [9.17, 15) is 15.0 Å². The molecule has 1 amide bonds. The number of thiol groups is 2. The number of carbonyl (C=O) groups is 1. The number of rotatable bonds is 18. The molecule has 0 bridgehead atoms. The average Bonchev–Trinajstić information content (AvgIpc) is 3.18. The van der Waals surface area contributed by atoms with Crippen LogP contribution in [-0.2, 0) is 10.2 Å². The molecule has 1 heterocycles. The van der Waals surface area contributed by atoms with Crippen LogP contribution in [0.25, 0.3) is 6.08 Å². The third-order valence-corrected chi connectivity index (χ3v) is 8.54. The summed E-state index contributed by atoms with van der Waals surface area (Å²) in [5, 5.41) is 22.2. The topological polar surface area (TPSA) is 75.8 Å². The van der Waals surface area contributed by atoms with Gasteiger partial charge in [0.25, 0.3) is 0 Å². The fraction of sp³-hybridized carbons (Fsp3) is 0.515. The van der Waals surface area contributed by atoms with Crippen molar-refractivity contribution in [2.24, 2.45) is 0 Å². The van der Waals surface area contributed by atoms with Crippen LogP contribution >= 0.6 is 25.3 Å². The van der Waals surface area contributed by atoms with Gasteiger partial charge in [-0.2, -0.15) is 29.8 Å². The maximum Gasteiger partial charge on any atom is 0.219 e. The molecule has 1 aliphatic heterocycles. The molecule has 0 saturated carbocycles. The summed E-state index contributed by atoms with van der Waals surface area (Å²) in [6.45, 7) is 7.08. The molecule has 0 aromatic heterocycles. The van der Waals surface area contributed by atoms with Gasteiger partial charge in [0.2, 0.25) is 11.6 Å². The molecule has 2 aromatic rings. The van der Waals surface area contributed by atoms with E-state index in [4.69, 9.17) is 0 Å². The Morgan fingerprint density at radius 1 is 1.00 bits per heavy atom. The number of hydrogen-bond acceptors (Lipinski definition) is 6. The molecule has 224 valence electrons. The van der Waals surface area contributed by atoms with E-state index < -0.39 is 0 Å². The lowest BCUT2D eigenvalue weighted by atomic mass is 9.81. The highest BCUT2D eigenvalue weighted by Gasteiger charge is 2.43. The molecule has 0 aliphatic carbocycles. The number of allylic oxidation sites excluding steroid dienone is 1. The predicted octanol–water partition coefficient (Wildman–Crippen LogP) is 5.25. The van der Waals surface area contributed by atoms with E-state index in [2.05, 4.69) is 97.5 Å². The minimum atomic E-state index is -0.146. The van der Waals surface area contributed by atoms with E-state index in [-0.39, 0.29) is 24.5 Å². The van der Waals surface area contributed by atoms with Crippen LogP contribution in [0.4, 0.5) is 11.4 Å². The zero-order valence-corrected chi connectivity index (χ0v) is 26.4. The SMILES string of the molecule is CC1(C)C(/C=C/c2ccc(N(CCO)CCO)cc2)=[N+](CCCNC(=O)CCCCC(S)CCS)c2ccccc21. The number of para-hydroxylation sites is 1. The molecule has 2 aromatic carbocycles. The van der Waals surface area contributed by atoms with E-state index in [0.29, 0.717) is 31.3 Å². The molecule has 3 rings (SSSR count). The number of hydrogen-bond donors (Lipinski definition) is 5. The minimum Gasteiger partial charge on any atom is -0.395 e. The van der Waals surface area contributed by atoms with Crippen molar-refractivity contribution in [2.75, 3.05) is 50.0 Å². The summed E-state index contributed by atoms with van der Waals surface area (Å²) in [6.07, 6.45) is 9.74. The Balaban J connectivity index is 1.64. The highest BCUT2D eigenvalue weighted by molar-refractivity contribution is 7.81. The number of nitrogens with one attached hydrogen (secondary N) is 1. The zero-order valence-electron chi connectivity index (χ0n) is 24.6. The van der Waals surface area contributed by atoms with Gasteiger partial charge in [-0.25, -0.2) is 0 Å². The number of aliphatic hydroxyl groups is 2. The van der Waals surface area contributed by atoms with Crippen LogP contribution in [0.2, 0.25) is 0 Å². The van der Waals surface area contributed by atoms with Crippen LogP contribution in [0.1, 0.15) is 63.5 Å². The number of anilines is 1. The van der Waals surface area contributed by atoms with Crippen LogP contribution in [0, 0.1) is 0 Å². The molecule has 1 unspecified atom stereocenters.